The van der Waals surface area contributed by atoms with Crippen molar-refractivity contribution in [2.24, 2.45) is 0 Å². The van der Waals surface area contributed by atoms with Crippen molar-refractivity contribution in [3.05, 3.63) is 69.3 Å². The molecule has 0 bridgehead atoms. The molecular formula is C18H20N2O3. The molecule has 0 amide bonds. The minimum Gasteiger partial charge on any atom is -0.370 e. The lowest BCUT2D eigenvalue weighted by atomic mass is 10.0. The average molecular weight is 312 g/mol. The Hall–Kier alpha value is -2.40. The second kappa shape index (κ2) is 6.38. The lowest BCUT2D eigenvalue weighted by Gasteiger charge is -2.36. The van der Waals surface area contributed by atoms with Crippen molar-refractivity contribution in [3.63, 3.8) is 0 Å². The molecular weight excluding hydrogens is 292 g/mol. The number of anilines is 1. The zero-order valence-corrected chi connectivity index (χ0v) is 13.4. The summed E-state index contributed by atoms with van der Waals surface area (Å²) >= 11 is 0. The molecule has 0 aromatic heterocycles. The van der Waals surface area contributed by atoms with Crippen molar-refractivity contribution >= 4 is 11.4 Å². The summed E-state index contributed by atoms with van der Waals surface area (Å²) in [6.07, 6.45) is 0.0274. The smallest absolute Gasteiger partial charge is 0.269 e. The number of hydrogen-bond donors (Lipinski definition) is 0. The van der Waals surface area contributed by atoms with Gasteiger partial charge in [0.05, 0.1) is 11.5 Å². The molecule has 1 heterocycles. The molecule has 0 aliphatic carbocycles. The normalized spacial score (nSPS) is 18.0. The summed E-state index contributed by atoms with van der Waals surface area (Å²) in [5, 5.41) is 10.9. The van der Waals surface area contributed by atoms with Gasteiger partial charge in [0.2, 0.25) is 0 Å². The maximum atomic E-state index is 10.9. The first-order valence-corrected chi connectivity index (χ1v) is 7.73. The second-order valence-corrected chi connectivity index (χ2v) is 5.89. The van der Waals surface area contributed by atoms with E-state index in [-0.39, 0.29) is 16.7 Å². The monoisotopic (exact) mass is 312 g/mol. The van der Waals surface area contributed by atoms with E-state index in [0.29, 0.717) is 6.61 Å². The summed E-state index contributed by atoms with van der Waals surface area (Å²) in [5.41, 5.74) is 4.52. The Bertz CT molecular complexity index is 730. The van der Waals surface area contributed by atoms with Gasteiger partial charge >= 0.3 is 0 Å². The number of non-ortho nitro benzene ring substituents is 1. The van der Waals surface area contributed by atoms with Crippen molar-refractivity contribution in [2.45, 2.75) is 20.0 Å². The van der Waals surface area contributed by atoms with Crippen LogP contribution in [0.4, 0.5) is 11.4 Å². The fourth-order valence-corrected chi connectivity index (χ4v) is 3.11. The number of aryl methyl sites for hydroxylation is 2. The number of benzene rings is 2. The first-order chi connectivity index (χ1) is 11.1. The molecule has 1 aliphatic heterocycles. The molecule has 0 N–H and O–H groups in total. The summed E-state index contributed by atoms with van der Waals surface area (Å²) in [5.74, 6) is 0. The van der Waals surface area contributed by atoms with Crippen LogP contribution >= 0.6 is 0 Å². The lowest BCUT2D eigenvalue weighted by molar-refractivity contribution is -0.384. The third kappa shape index (κ3) is 3.19. The quantitative estimate of drug-likeness (QED) is 0.639. The van der Waals surface area contributed by atoms with E-state index in [4.69, 9.17) is 4.74 Å². The summed E-state index contributed by atoms with van der Waals surface area (Å²) in [7, 11) is 0. The second-order valence-electron chi connectivity index (χ2n) is 5.89. The zero-order chi connectivity index (χ0) is 16.4. The van der Waals surface area contributed by atoms with Gasteiger partial charge in [-0.1, -0.05) is 24.3 Å². The SMILES string of the molecule is Cc1ccccc1C1CN(c2ccc([N+](=O)[O-])cc2C)CCO1. The Morgan fingerprint density at radius 1 is 1.17 bits per heavy atom. The van der Waals surface area contributed by atoms with Gasteiger partial charge in [0, 0.05) is 30.9 Å². The fourth-order valence-electron chi connectivity index (χ4n) is 3.11. The van der Waals surface area contributed by atoms with Crippen LogP contribution in [0.1, 0.15) is 22.8 Å². The standard InChI is InChI=1S/C18H20N2O3/c1-13-5-3-4-6-16(13)18-12-19(9-10-23-18)17-8-7-15(20(21)22)11-14(17)2/h3-8,11,18H,9-10,12H2,1-2H3. The summed E-state index contributed by atoms with van der Waals surface area (Å²) in [6, 6.07) is 13.3. The molecule has 1 fully saturated rings. The van der Waals surface area contributed by atoms with Gasteiger partial charge < -0.3 is 9.64 Å². The third-order valence-corrected chi connectivity index (χ3v) is 4.33. The predicted octanol–water partition coefficient (Wildman–Crippen LogP) is 3.79. The maximum absolute atomic E-state index is 10.9. The molecule has 23 heavy (non-hydrogen) atoms. The van der Waals surface area contributed by atoms with E-state index in [0.717, 1.165) is 24.3 Å². The highest BCUT2D eigenvalue weighted by atomic mass is 16.6. The number of ether oxygens (including phenoxy) is 1. The molecule has 5 nitrogen and oxygen atoms in total. The molecule has 1 aliphatic rings. The molecule has 2 aromatic rings. The first kappa shape index (κ1) is 15.5. The molecule has 0 radical (unpaired) electrons. The molecule has 1 unspecified atom stereocenters. The fraction of sp³-hybridized carbons (Fsp3) is 0.333. The van der Waals surface area contributed by atoms with Crippen LogP contribution in [-0.4, -0.2) is 24.6 Å². The highest BCUT2D eigenvalue weighted by molar-refractivity contribution is 5.58. The highest BCUT2D eigenvalue weighted by Gasteiger charge is 2.24. The average Bonchev–Trinajstić information content (AvgIpc) is 2.55. The minimum atomic E-state index is -0.355. The summed E-state index contributed by atoms with van der Waals surface area (Å²) in [4.78, 5) is 12.8. The maximum Gasteiger partial charge on any atom is 0.269 e. The molecule has 0 saturated carbocycles. The van der Waals surface area contributed by atoms with Crippen LogP contribution < -0.4 is 4.90 Å². The number of nitro benzene ring substituents is 1. The van der Waals surface area contributed by atoms with Crippen molar-refractivity contribution < 1.29 is 9.66 Å². The van der Waals surface area contributed by atoms with Crippen molar-refractivity contribution in [3.8, 4) is 0 Å². The number of nitrogens with zero attached hydrogens (tertiary/aromatic N) is 2. The van der Waals surface area contributed by atoms with Crippen LogP contribution in [0.5, 0.6) is 0 Å². The van der Waals surface area contributed by atoms with Gasteiger partial charge in [0.15, 0.2) is 0 Å². The number of rotatable bonds is 3. The van der Waals surface area contributed by atoms with E-state index in [1.165, 1.54) is 11.1 Å². The minimum absolute atomic E-state index is 0.0274. The molecule has 1 saturated heterocycles. The van der Waals surface area contributed by atoms with Crippen LogP contribution in [0, 0.1) is 24.0 Å². The van der Waals surface area contributed by atoms with Gasteiger partial charge in [0.1, 0.15) is 6.10 Å². The van der Waals surface area contributed by atoms with Gasteiger partial charge in [-0.05, 0) is 36.6 Å². The van der Waals surface area contributed by atoms with Crippen molar-refractivity contribution in [1.82, 2.24) is 0 Å². The van der Waals surface area contributed by atoms with Gasteiger partial charge in [-0.25, -0.2) is 0 Å². The Kier molecular flexibility index (Phi) is 4.30. The van der Waals surface area contributed by atoms with Crippen LogP contribution in [0.3, 0.4) is 0 Å². The van der Waals surface area contributed by atoms with Crippen LogP contribution in [-0.2, 0) is 4.74 Å². The van der Waals surface area contributed by atoms with Crippen molar-refractivity contribution in [2.75, 3.05) is 24.6 Å². The Balaban J connectivity index is 1.84. The topological polar surface area (TPSA) is 55.6 Å². The van der Waals surface area contributed by atoms with Crippen LogP contribution in [0.2, 0.25) is 0 Å². The highest BCUT2D eigenvalue weighted by Crippen LogP contribution is 2.31. The van der Waals surface area contributed by atoms with Gasteiger partial charge in [-0.15, -0.1) is 0 Å². The van der Waals surface area contributed by atoms with E-state index >= 15 is 0 Å². The summed E-state index contributed by atoms with van der Waals surface area (Å²) < 4.78 is 5.95. The Morgan fingerprint density at radius 3 is 2.65 bits per heavy atom. The number of hydrogen-bond acceptors (Lipinski definition) is 4. The molecule has 1 atom stereocenters. The van der Waals surface area contributed by atoms with Gasteiger partial charge in [0.25, 0.3) is 5.69 Å². The van der Waals surface area contributed by atoms with E-state index < -0.39 is 0 Å². The molecule has 0 spiro atoms. The molecule has 120 valence electrons. The molecule has 2 aromatic carbocycles. The first-order valence-electron chi connectivity index (χ1n) is 7.73. The van der Waals surface area contributed by atoms with Crippen LogP contribution in [0.15, 0.2) is 42.5 Å². The summed E-state index contributed by atoms with van der Waals surface area (Å²) in [6.45, 7) is 6.20. The van der Waals surface area contributed by atoms with E-state index in [9.17, 15) is 10.1 Å². The zero-order valence-electron chi connectivity index (χ0n) is 13.4. The Labute approximate surface area is 135 Å². The van der Waals surface area contributed by atoms with Crippen molar-refractivity contribution in [1.29, 1.82) is 0 Å². The van der Waals surface area contributed by atoms with Gasteiger partial charge in [-0.2, -0.15) is 0 Å². The van der Waals surface area contributed by atoms with Gasteiger partial charge in [-0.3, -0.25) is 10.1 Å². The van der Waals surface area contributed by atoms with Crippen LogP contribution in [0.25, 0.3) is 0 Å². The largest absolute Gasteiger partial charge is 0.370 e. The Morgan fingerprint density at radius 2 is 1.96 bits per heavy atom. The lowest BCUT2D eigenvalue weighted by Crippen LogP contribution is -2.39. The van der Waals surface area contributed by atoms with E-state index in [1.807, 2.05) is 25.1 Å². The molecule has 5 heteroatoms. The predicted molar refractivity (Wildman–Crippen MR) is 89.9 cm³/mol. The number of morpholine rings is 1. The van der Waals surface area contributed by atoms with E-state index in [1.54, 1.807) is 12.1 Å². The number of nitro groups is 1. The third-order valence-electron chi connectivity index (χ3n) is 4.33. The molecule has 3 rings (SSSR count). The van der Waals surface area contributed by atoms with E-state index in [2.05, 4.69) is 24.0 Å².